The molecule has 0 unspecified atom stereocenters. The Hall–Kier alpha value is -1.69. The molecule has 6 heteroatoms. The van der Waals surface area contributed by atoms with Gasteiger partial charge in [0.2, 0.25) is 5.91 Å². The van der Waals surface area contributed by atoms with Crippen LogP contribution in [0.15, 0.2) is 11.6 Å². The largest absolute Gasteiger partial charge is 0.480 e. The maximum absolute atomic E-state index is 12.5. The molecular weight excluding hydrogens is 286 g/mol. The smallest absolute Gasteiger partial charge is 0.326 e. The van der Waals surface area contributed by atoms with E-state index in [9.17, 15) is 19.5 Å². The summed E-state index contributed by atoms with van der Waals surface area (Å²) in [5.41, 5.74) is 0.497. The van der Waals surface area contributed by atoms with Crippen molar-refractivity contribution in [1.29, 1.82) is 0 Å². The number of ether oxygens (including phenoxy) is 1. The second-order valence-corrected chi connectivity index (χ2v) is 6.13. The molecule has 122 valence electrons. The number of carbonyl (C=O) groups is 3. The molecule has 22 heavy (non-hydrogen) atoms. The monoisotopic (exact) mass is 309 g/mol. The number of rotatable bonds is 6. The van der Waals surface area contributed by atoms with Crippen molar-refractivity contribution in [2.75, 3.05) is 7.11 Å². The Labute approximate surface area is 129 Å². The number of hydrogen-bond acceptors (Lipinski definition) is 4. The van der Waals surface area contributed by atoms with Crippen molar-refractivity contribution in [3.8, 4) is 0 Å². The number of carboxylic acids is 1. The van der Waals surface area contributed by atoms with Crippen LogP contribution in [0.1, 0.15) is 33.1 Å². The third-order valence-electron chi connectivity index (χ3n) is 4.90. The van der Waals surface area contributed by atoms with E-state index in [1.54, 1.807) is 13.0 Å². The fourth-order valence-electron chi connectivity index (χ4n) is 3.40. The lowest BCUT2D eigenvalue weighted by molar-refractivity contribution is -0.142. The summed E-state index contributed by atoms with van der Waals surface area (Å²) in [4.78, 5) is 35.8. The Morgan fingerprint density at radius 1 is 1.50 bits per heavy atom. The van der Waals surface area contributed by atoms with Crippen molar-refractivity contribution in [2.45, 2.75) is 45.3 Å². The molecule has 1 saturated carbocycles. The van der Waals surface area contributed by atoms with Gasteiger partial charge in [0.1, 0.15) is 11.8 Å². The molecule has 0 aromatic heterocycles. The number of methoxy groups -OCH3 is 1. The van der Waals surface area contributed by atoms with Crippen molar-refractivity contribution in [3.05, 3.63) is 11.6 Å². The summed E-state index contributed by atoms with van der Waals surface area (Å²) in [6.45, 7) is 3.68. The third kappa shape index (κ3) is 2.92. The average molecular weight is 309 g/mol. The van der Waals surface area contributed by atoms with Crippen LogP contribution in [0.5, 0.6) is 0 Å². The van der Waals surface area contributed by atoms with E-state index in [1.165, 1.54) is 7.11 Å². The quantitative estimate of drug-likeness (QED) is 0.768. The highest BCUT2D eigenvalue weighted by Crippen LogP contribution is 2.43. The zero-order chi connectivity index (χ0) is 16.4. The topological polar surface area (TPSA) is 92.7 Å². The van der Waals surface area contributed by atoms with Crippen LogP contribution in [-0.2, 0) is 19.1 Å². The van der Waals surface area contributed by atoms with E-state index in [1.807, 2.05) is 6.92 Å². The van der Waals surface area contributed by atoms with Gasteiger partial charge in [-0.15, -0.1) is 0 Å². The van der Waals surface area contributed by atoms with Gasteiger partial charge in [0.05, 0.1) is 12.0 Å². The molecule has 5 atom stereocenters. The van der Waals surface area contributed by atoms with Gasteiger partial charge in [0, 0.05) is 25.0 Å². The maximum atomic E-state index is 12.5. The van der Waals surface area contributed by atoms with E-state index >= 15 is 0 Å². The van der Waals surface area contributed by atoms with Crippen LogP contribution >= 0.6 is 0 Å². The minimum absolute atomic E-state index is 0.118. The van der Waals surface area contributed by atoms with E-state index < -0.39 is 17.9 Å². The third-order valence-corrected chi connectivity index (χ3v) is 4.90. The first-order valence-corrected chi connectivity index (χ1v) is 7.71. The number of nitrogens with one attached hydrogen (secondary N) is 1. The van der Waals surface area contributed by atoms with Gasteiger partial charge in [-0.1, -0.05) is 20.3 Å². The number of aliphatic carboxylic acids is 1. The number of ketones is 1. The van der Waals surface area contributed by atoms with Crippen molar-refractivity contribution in [2.24, 2.45) is 17.8 Å². The first-order valence-electron chi connectivity index (χ1n) is 7.71. The molecule has 2 aliphatic carbocycles. The van der Waals surface area contributed by atoms with Gasteiger partial charge in [-0.05, 0) is 18.4 Å². The number of fused-ring (bicyclic) bond motifs is 1. The van der Waals surface area contributed by atoms with E-state index in [-0.39, 0.29) is 29.6 Å². The fourth-order valence-corrected chi connectivity index (χ4v) is 3.40. The summed E-state index contributed by atoms with van der Waals surface area (Å²) in [5, 5.41) is 11.9. The maximum Gasteiger partial charge on any atom is 0.326 e. The zero-order valence-electron chi connectivity index (χ0n) is 13.2. The van der Waals surface area contributed by atoms with Crippen LogP contribution in [0.2, 0.25) is 0 Å². The Morgan fingerprint density at radius 2 is 2.18 bits per heavy atom. The highest BCUT2D eigenvalue weighted by molar-refractivity contribution is 5.99. The van der Waals surface area contributed by atoms with Gasteiger partial charge in [-0.3, -0.25) is 9.59 Å². The van der Waals surface area contributed by atoms with Crippen molar-refractivity contribution in [1.82, 2.24) is 5.32 Å². The van der Waals surface area contributed by atoms with Gasteiger partial charge in [-0.25, -0.2) is 4.79 Å². The Kier molecular flexibility index (Phi) is 5.01. The van der Waals surface area contributed by atoms with E-state index in [0.717, 1.165) is 0 Å². The number of amides is 1. The van der Waals surface area contributed by atoms with Crippen LogP contribution in [0, 0.1) is 17.8 Å². The van der Waals surface area contributed by atoms with Crippen LogP contribution < -0.4 is 5.32 Å². The number of carboxylic acid groups (broad SMARTS) is 1. The predicted octanol–water partition coefficient (Wildman–Crippen LogP) is 1.15. The highest BCUT2D eigenvalue weighted by atomic mass is 16.5. The van der Waals surface area contributed by atoms with Crippen LogP contribution in [0.25, 0.3) is 0 Å². The number of Topliss-reactive ketones (excluding diaryl/α,β-unsaturated/α-hetero) is 1. The highest BCUT2D eigenvalue weighted by Gasteiger charge is 2.48. The van der Waals surface area contributed by atoms with E-state index in [2.05, 4.69) is 5.32 Å². The summed E-state index contributed by atoms with van der Waals surface area (Å²) >= 11 is 0. The molecule has 1 amide bonds. The standard InChI is InChI=1S/C16H23NO5/c1-4-8(2)14(16(20)21)17-15(19)10-7-12(22-3)13-9(10)5-6-11(13)18/h7-9,12-14H,4-6H2,1-3H3,(H,17,19)(H,20,21)/t8-,9-,12+,13+,14-/m0/s1. The first kappa shape index (κ1) is 16.7. The Balaban J connectivity index is 2.15. The summed E-state index contributed by atoms with van der Waals surface area (Å²) in [7, 11) is 1.52. The zero-order valence-corrected chi connectivity index (χ0v) is 13.2. The molecule has 1 fully saturated rings. The fraction of sp³-hybridized carbons (Fsp3) is 0.688. The van der Waals surface area contributed by atoms with Gasteiger partial charge in [0.25, 0.3) is 0 Å². The molecule has 6 nitrogen and oxygen atoms in total. The summed E-state index contributed by atoms with van der Waals surface area (Å²) in [5.74, 6) is -1.92. The molecule has 0 spiro atoms. The lowest BCUT2D eigenvalue weighted by Crippen LogP contribution is -2.46. The molecule has 0 radical (unpaired) electrons. The minimum Gasteiger partial charge on any atom is -0.480 e. The van der Waals surface area contributed by atoms with Gasteiger partial charge >= 0.3 is 5.97 Å². The van der Waals surface area contributed by atoms with E-state index in [4.69, 9.17) is 4.74 Å². The Morgan fingerprint density at radius 3 is 2.73 bits per heavy atom. The van der Waals surface area contributed by atoms with Gasteiger partial charge in [-0.2, -0.15) is 0 Å². The van der Waals surface area contributed by atoms with Crippen LogP contribution in [0.4, 0.5) is 0 Å². The molecule has 2 rings (SSSR count). The van der Waals surface area contributed by atoms with Crippen LogP contribution in [-0.4, -0.2) is 42.0 Å². The van der Waals surface area contributed by atoms with Crippen molar-refractivity contribution in [3.63, 3.8) is 0 Å². The Bertz CT molecular complexity index is 513. The van der Waals surface area contributed by atoms with Crippen molar-refractivity contribution >= 4 is 17.7 Å². The molecule has 0 heterocycles. The number of carbonyl (C=O) groups excluding carboxylic acids is 2. The summed E-state index contributed by atoms with van der Waals surface area (Å²) in [6, 6.07) is -0.921. The molecule has 0 aromatic rings. The van der Waals surface area contributed by atoms with Gasteiger partial charge in [0.15, 0.2) is 0 Å². The van der Waals surface area contributed by atoms with E-state index in [0.29, 0.717) is 24.8 Å². The lowest BCUT2D eigenvalue weighted by atomic mass is 9.92. The molecule has 0 bridgehead atoms. The SMILES string of the molecule is CC[C@H](C)[C@H](NC(=O)C1=C[C@@H](OC)[C@H]2C(=O)CC[C@@H]12)C(=O)O. The molecule has 2 aliphatic rings. The molecule has 0 aliphatic heterocycles. The molecule has 2 N–H and O–H groups in total. The molecule has 0 saturated heterocycles. The van der Waals surface area contributed by atoms with Gasteiger partial charge < -0.3 is 15.2 Å². The average Bonchev–Trinajstić information content (AvgIpc) is 3.04. The number of hydrogen-bond donors (Lipinski definition) is 2. The first-order chi connectivity index (χ1) is 10.4. The predicted molar refractivity (Wildman–Crippen MR) is 79.1 cm³/mol. The normalized spacial score (nSPS) is 29.7. The lowest BCUT2D eigenvalue weighted by Gasteiger charge is -2.22. The van der Waals surface area contributed by atoms with Crippen molar-refractivity contribution < 1.29 is 24.2 Å². The summed E-state index contributed by atoms with van der Waals surface area (Å²) in [6.07, 6.45) is 3.03. The summed E-state index contributed by atoms with van der Waals surface area (Å²) < 4.78 is 5.30. The second kappa shape index (κ2) is 6.60. The minimum atomic E-state index is -1.04. The van der Waals surface area contributed by atoms with Crippen LogP contribution in [0.3, 0.4) is 0 Å². The molecular formula is C16H23NO5. The molecule has 0 aromatic carbocycles. The second-order valence-electron chi connectivity index (χ2n) is 6.13.